The van der Waals surface area contributed by atoms with E-state index < -0.39 is 6.04 Å². The van der Waals surface area contributed by atoms with E-state index in [4.69, 9.17) is 10.5 Å². The van der Waals surface area contributed by atoms with E-state index in [9.17, 15) is 4.79 Å². The Morgan fingerprint density at radius 2 is 2.17 bits per heavy atom. The van der Waals surface area contributed by atoms with Gasteiger partial charge in [0, 0.05) is 13.7 Å². The minimum atomic E-state index is -0.405. The molecule has 0 aliphatic rings. The minimum Gasteiger partial charge on any atom is -0.380 e. The number of methoxy groups -OCH3 is 1. The maximum absolute atomic E-state index is 11.7. The molecule has 3 N–H and O–H groups in total. The van der Waals surface area contributed by atoms with Crippen LogP contribution in [0.15, 0.2) is 24.3 Å². The van der Waals surface area contributed by atoms with Crippen molar-refractivity contribution in [2.45, 2.75) is 39.0 Å². The van der Waals surface area contributed by atoms with Gasteiger partial charge in [-0.2, -0.15) is 0 Å². The SMILES string of the molecule is CCC[C@@H](N)C(=O)NCc1cccc(COC)c1. The summed E-state index contributed by atoms with van der Waals surface area (Å²) in [5.41, 5.74) is 7.89. The Labute approximate surface area is 109 Å². The zero-order valence-corrected chi connectivity index (χ0v) is 11.1. The quantitative estimate of drug-likeness (QED) is 0.772. The van der Waals surface area contributed by atoms with E-state index in [1.165, 1.54) is 0 Å². The number of carbonyl (C=O) groups excluding carboxylic acids is 1. The van der Waals surface area contributed by atoms with Gasteiger partial charge in [-0.25, -0.2) is 0 Å². The van der Waals surface area contributed by atoms with E-state index in [1.807, 2.05) is 31.2 Å². The first-order valence-corrected chi connectivity index (χ1v) is 6.27. The van der Waals surface area contributed by atoms with Crippen molar-refractivity contribution in [3.05, 3.63) is 35.4 Å². The smallest absolute Gasteiger partial charge is 0.237 e. The van der Waals surface area contributed by atoms with E-state index in [2.05, 4.69) is 5.32 Å². The van der Waals surface area contributed by atoms with Crippen molar-refractivity contribution in [3.63, 3.8) is 0 Å². The maximum atomic E-state index is 11.7. The third kappa shape index (κ3) is 4.85. The molecule has 0 aliphatic carbocycles. The lowest BCUT2D eigenvalue weighted by atomic mass is 10.1. The third-order valence-corrected chi connectivity index (χ3v) is 2.71. The minimum absolute atomic E-state index is 0.0889. The second-order valence-corrected chi connectivity index (χ2v) is 4.37. The third-order valence-electron chi connectivity index (χ3n) is 2.71. The Morgan fingerprint density at radius 1 is 1.44 bits per heavy atom. The number of hydrogen-bond acceptors (Lipinski definition) is 3. The first-order valence-electron chi connectivity index (χ1n) is 6.27. The number of amides is 1. The largest absolute Gasteiger partial charge is 0.380 e. The number of rotatable bonds is 7. The first kappa shape index (κ1) is 14.7. The van der Waals surface area contributed by atoms with Crippen molar-refractivity contribution in [2.75, 3.05) is 7.11 Å². The van der Waals surface area contributed by atoms with Crippen molar-refractivity contribution in [1.29, 1.82) is 0 Å². The van der Waals surface area contributed by atoms with Crippen LogP contribution in [0.2, 0.25) is 0 Å². The number of nitrogens with two attached hydrogens (primary N) is 1. The molecular weight excluding hydrogens is 228 g/mol. The molecule has 0 unspecified atom stereocenters. The van der Waals surface area contributed by atoms with Crippen LogP contribution in [0.1, 0.15) is 30.9 Å². The van der Waals surface area contributed by atoms with Crippen LogP contribution >= 0.6 is 0 Å². The van der Waals surface area contributed by atoms with Gasteiger partial charge in [-0.1, -0.05) is 37.6 Å². The van der Waals surface area contributed by atoms with Crippen LogP contribution in [0.3, 0.4) is 0 Å². The molecule has 0 saturated heterocycles. The molecule has 1 aromatic rings. The van der Waals surface area contributed by atoms with Crippen LogP contribution in [0.5, 0.6) is 0 Å². The second-order valence-electron chi connectivity index (χ2n) is 4.37. The predicted molar refractivity (Wildman–Crippen MR) is 71.9 cm³/mol. The first-order chi connectivity index (χ1) is 8.67. The molecule has 0 heterocycles. The van der Waals surface area contributed by atoms with Gasteiger partial charge in [0.1, 0.15) is 0 Å². The van der Waals surface area contributed by atoms with Crippen LogP contribution in [-0.4, -0.2) is 19.1 Å². The fourth-order valence-corrected chi connectivity index (χ4v) is 1.76. The highest BCUT2D eigenvalue weighted by molar-refractivity contribution is 5.81. The predicted octanol–water partition coefficient (Wildman–Crippen LogP) is 1.58. The summed E-state index contributed by atoms with van der Waals surface area (Å²) in [6, 6.07) is 7.55. The summed E-state index contributed by atoms with van der Waals surface area (Å²) < 4.78 is 5.07. The van der Waals surface area contributed by atoms with Crippen LogP contribution in [0, 0.1) is 0 Å². The Hall–Kier alpha value is -1.39. The topological polar surface area (TPSA) is 64.4 Å². The van der Waals surface area contributed by atoms with Crippen molar-refractivity contribution < 1.29 is 9.53 Å². The van der Waals surface area contributed by atoms with Gasteiger partial charge in [0.2, 0.25) is 5.91 Å². The molecule has 1 amide bonds. The Balaban J connectivity index is 2.47. The van der Waals surface area contributed by atoms with Crippen LogP contribution in [0.25, 0.3) is 0 Å². The van der Waals surface area contributed by atoms with E-state index >= 15 is 0 Å². The maximum Gasteiger partial charge on any atom is 0.237 e. The zero-order valence-electron chi connectivity index (χ0n) is 11.1. The summed E-state index contributed by atoms with van der Waals surface area (Å²) in [5, 5.41) is 2.85. The number of nitrogens with one attached hydrogen (secondary N) is 1. The molecule has 0 bridgehead atoms. The standard InChI is InChI=1S/C14H22N2O2/c1-3-5-13(15)14(17)16-9-11-6-4-7-12(8-11)10-18-2/h4,6-8,13H,3,5,9-10,15H2,1-2H3,(H,16,17)/t13-/m1/s1. The number of benzene rings is 1. The van der Waals surface area contributed by atoms with Crippen molar-refractivity contribution in [1.82, 2.24) is 5.32 Å². The molecule has 0 aliphatic heterocycles. The fraction of sp³-hybridized carbons (Fsp3) is 0.500. The average molecular weight is 250 g/mol. The summed E-state index contributed by atoms with van der Waals surface area (Å²) in [6.07, 6.45) is 1.63. The molecule has 1 aromatic carbocycles. The van der Waals surface area contributed by atoms with Crippen molar-refractivity contribution in [2.24, 2.45) is 5.73 Å². The average Bonchev–Trinajstić information content (AvgIpc) is 2.37. The van der Waals surface area contributed by atoms with Gasteiger partial charge in [-0.3, -0.25) is 4.79 Å². The summed E-state index contributed by atoms with van der Waals surface area (Å²) in [6.45, 7) is 3.10. The van der Waals surface area contributed by atoms with Crippen molar-refractivity contribution in [3.8, 4) is 0 Å². The van der Waals surface area contributed by atoms with Gasteiger partial charge in [0.05, 0.1) is 12.6 Å². The molecule has 0 aromatic heterocycles. The molecule has 0 fully saturated rings. The van der Waals surface area contributed by atoms with E-state index in [0.717, 1.165) is 24.0 Å². The normalized spacial score (nSPS) is 12.2. The summed E-state index contributed by atoms with van der Waals surface area (Å²) in [5.74, 6) is -0.0889. The number of ether oxygens (including phenoxy) is 1. The van der Waals surface area contributed by atoms with E-state index in [0.29, 0.717) is 13.2 Å². The molecular formula is C14H22N2O2. The zero-order chi connectivity index (χ0) is 13.4. The van der Waals surface area contributed by atoms with Gasteiger partial charge in [-0.05, 0) is 17.5 Å². The molecule has 1 atom stereocenters. The highest BCUT2D eigenvalue weighted by atomic mass is 16.5. The van der Waals surface area contributed by atoms with Crippen LogP contribution in [0.4, 0.5) is 0 Å². The Bertz CT molecular complexity index is 380. The van der Waals surface area contributed by atoms with Gasteiger partial charge >= 0.3 is 0 Å². The Morgan fingerprint density at radius 3 is 2.83 bits per heavy atom. The monoisotopic (exact) mass is 250 g/mol. The lowest BCUT2D eigenvalue weighted by Crippen LogP contribution is -2.40. The summed E-state index contributed by atoms with van der Waals surface area (Å²) in [4.78, 5) is 11.7. The molecule has 0 spiro atoms. The number of hydrogen-bond donors (Lipinski definition) is 2. The van der Waals surface area contributed by atoms with Gasteiger partial charge in [-0.15, -0.1) is 0 Å². The molecule has 100 valence electrons. The van der Waals surface area contributed by atoms with Gasteiger partial charge in [0.15, 0.2) is 0 Å². The molecule has 18 heavy (non-hydrogen) atoms. The lowest BCUT2D eigenvalue weighted by molar-refractivity contribution is -0.122. The van der Waals surface area contributed by atoms with Gasteiger partial charge < -0.3 is 15.8 Å². The molecule has 1 rings (SSSR count). The highest BCUT2D eigenvalue weighted by Gasteiger charge is 2.11. The van der Waals surface area contributed by atoms with Crippen LogP contribution < -0.4 is 11.1 Å². The summed E-state index contributed by atoms with van der Waals surface area (Å²) in [7, 11) is 1.66. The van der Waals surface area contributed by atoms with Gasteiger partial charge in [0.25, 0.3) is 0 Å². The molecule has 0 radical (unpaired) electrons. The van der Waals surface area contributed by atoms with Crippen molar-refractivity contribution >= 4 is 5.91 Å². The van der Waals surface area contributed by atoms with Crippen LogP contribution in [-0.2, 0) is 22.7 Å². The molecule has 4 nitrogen and oxygen atoms in total. The van der Waals surface area contributed by atoms with E-state index in [1.54, 1.807) is 7.11 Å². The highest BCUT2D eigenvalue weighted by Crippen LogP contribution is 2.06. The Kier molecular flexibility index (Phi) is 6.39. The van der Waals surface area contributed by atoms with E-state index in [-0.39, 0.29) is 5.91 Å². The fourth-order valence-electron chi connectivity index (χ4n) is 1.76. The second kappa shape index (κ2) is 7.84. The molecule has 0 saturated carbocycles. The molecule has 4 heteroatoms. The number of carbonyl (C=O) groups is 1. The summed E-state index contributed by atoms with van der Waals surface area (Å²) >= 11 is 0. The lowest BCUT2D eigenvalue weighted by Gasteiger charge is -2.11.